The SMILES string of the molecule is CC(C)NC(=O)c1ccc2c(c1)CN(c1nccc(-c3nccc(/C=C/c4ccnc(N)c4)n3)n1)C2. The van der Waals surface area contributed by atoms with Crippen LogP contribution in [0.4, 0.5) is 11.8 Å². The number of carbonyl (C=O) groups excluding carboxylic acids is 1. The van der Waals surface area contributed by atoms with E-state index in [4.69, 9.17) is 10.7 Å². The summed E-state index contributed by atoms with van der Waals surface area (Å²) >= 11 is 0. The fourth-order valence-electron chi connectivity index (χ4n) is 3.99. The normalized spacial score (nSPS) is 12.8. The molecule has 9 heteroatoms. The molecule has 0 aliphatic carbocycles. The molecule has 1 aliphatic heterocycles. The van der Waals surface area contributed by atoms with Gasteiger partial charge in [-0.25, -0.2) is 24.9 Å². The molecule has 0 unspecified atom stereocenters. The number of aromatic nitrogens is 5. The lowest BCUT2D eigenvalue weighted by atomic mass is 10.1. The first-order valence-corrected chi connectivity index (χ1v) is 11.7. The highest BCUT2D eigenvalue weighted by Crippen LogP contribution is 2.28. The van der Waals surface area contributed by atoms with Crippen molar-refractivity contribution in [2.24, 2.45) is 0 Å². The number of hydrogen-bond acceptors (Lipinski definition) is 8. The van der Waals surface area contributed by atoms with E-state index < -0.39 is 0 Å². The average Bonchev–Trinajstić information content (AvgIpc) is 3.31. The molecule has 0 radical (unpaired) electrons. The van der Waals surface area contributed by atoms with Crippen LogP contribution in [-0.4, -0.2) is 36.9 Å². The zero-order chi connectivity index (χ0) is 25.1. The van der Waals surface area contributed by atoms with Crippen LogP contribution in [0.3, 0.4) is 0 Å². The molecule has 9 nitrogen and oxygen atoms in total. The van der Waals surface area contributed by atoms with E-state index in [2.05, 4.69) is 30.2 Å². The molecular weight excluding hydrogens is 452 g/mol. The van der Waals surface area contributed by atoms with Gasteiger partial charge in [-0.1, -0.05) is 12.1 Å². The number of hydrogen-bond donors (Lipinski definition) is 2. The standard InChI is InChI=1S/C27H26N8O/c1-17(2)32-26(36)19-4-5-20-15-35(16-21(20)14-19)27-31-12-9-23(34-27)25-30-11-8-22(33-25)6-3-18-7-10-29-24(28)13-18/h3-14,17H,15-16H2,1-2H3,(H2,28,29)(H,32,36)/b6-3+. The Morgan fingerprint density at radius 2 is 1.75 bits per heavy atom. The van der Waals surface area contributed by atoms with E-state index in [1.807, 2.05) is 56.3 Å². The maximum atomic E-state index is 12.4. The van der Waals surface area contributed by atoms with Gasteiger partial charge < -0.3 is 16.0 Å². The number of anilines is 2. The number of rotatable bonds is 6. The molecule has 0 spiro atoms. The maximum Gasteiger partial charge on any atom is 0.251 e. The zero-order valence-electron chi connectivity index (χ0n) is 20.1. The molecule has 0 bridgehead atoms. The molecule has 0 fully saturated rings. The van der Waals surface area contributed by atoms with Gasteiger partial charge in [0.1, 0.15) is 11.5 Å². The first kappa shape index (κ1) is 23.1. The van der Waals surface area contributed by atoms with E-state index in [1.165, 1.54) is 0 Å². The Kier molecular flexibility index (Phi) is 6.36. The van der Waals surface area contributed by atoms with Gasteiger partial charge in [0.2, 0.25) is 5.95 Å². The molecule has 1 aliphatic rings. The Morgan fingerprint density at radius 3 is 2.58 bits per heavy atom. The van der Waals surface area contributed by atoms with Crippen molar-refractivity contribution in [3.05, 3.63) is 89.0 Å². The second kappa shape index (κ2) is 9.91. The van der Waals surface area contributed by atoms with Gasteiger partial charge >= 0.3 is 0 Å². The van der Waals surface area contributed by atoms with Crippen molar-refractivity contribution < 1.29 is 4.79 Å². The van der Waals surface area contributed by atoms with E-state index in [9.17, 15) is 4.79 Å². The number of fused-ring (bicyclic) bond motifs is 1. The van der Waals surface area contributed by atoms with Crippen LogP contribution in [0.25, 0.3) is 23.7 Å². The first-order valence-electron chi connectivity index (χ1n) is 11.7. The summed E-state index contributed by atoms with van der Waals surface area (Å²) in [7, 11) is 0. The predicted molar refractivity (Wildman–Crippen MR) is 140 cm³/mol. The molecule has 0 saturated heterocycles. The van der Waals surface area contributed by atoms with Crippen molar-refractivity contribution in [2.45, 2.75) is 33.0 Å². The summed E-state index contributed by atoms with van der Waals surface area (Å²) in [5.41, 5.74) is 11.0. The maximum absolute atomic E-state index is 12.4. The van der Waals surface area contributed by atoms with Crippen molar-refractivity contribution in [2.75, 3.05) is 10.6 Å². The molecule has 4 aromatic rings. The van der Waals surface area contributed by atoms with Crippen LogP contribution in [0.5, 0.6) is 0 Å². The van der Waals surface area contributed by atoms with E-state index >= 15 is 0 Å². The molecule has 3 aromatic heterocycles. The van der Waals surface area contributed by atoms with Gasteiger partial charge in [-0.05, 0) is 73.0 Å². The molecule has 4 heterocycles. The van der Waals surface area contributed by atoms with Crippen LogP contribution < -0.4 is 16.0 Å². The largest absolute Gasteiger partial charge is 0.384 e. The smallest absolute Gasteiger partial charge is 0.251 e. The third-order valence-electron chi connectivity index (χ3n) is 5.69. The molecule has 0 atom stereocenters. The van der Waals surface area contributed by atoms with Gasteiger partial charge in [0.25, 0.3) is 5.91 Å². The summed E-state index contributed by atoms with van der Waals surface area (Å²) in [6.45, 7) is 5.19. The average molecular weight is 479 g/mol. The van der Waals surface area contributed by atoms with E-state index in [0.29, 0.717) is 41.9 Å². The van der Waals surface area contributed by atoms with Gasteiger partial charge in [-0.15, -0.1) is 0 Å². The number of carbonyl (C=O) groups is 1. The van der Waals surface area contributed by atoms with Crippen molar-refractivity contribution in [1.82, 2.24) is 30.2 Å². The molecule has 3 N–H and O–H groups in total. The van der Waals surface area contributed by atoms with Crippen LogP contribution in [0, 0.1) is 0 Å². The van der Waals surface area contributed by atoms with Gasteiger partial charge in [-0.3, -0.25) is 4.79 Å². The summed E-state index contributed by atoms with van der Waals surface area (Å²) in [5.74, 6) is 1.50. The number of amides is 1. The fourth-order valence-corrected chi connectivity index (χ4v) is 3.99. The van der Waals surface area contributed by atoms with Crippen molar-refractivity contribution in [3.63, 3.8) is 0 Å². The van der Waals surface area contributed by atoms with Gasteiger partial charge in [0.15, 0.2) is 5.82 Å². The third-order valence-corrected chi connectivity index (χ3v) is 5.69. The Morgan fingerprint density at radius 1 is 0.944 bits per heavy atom. The minimum Gasteiger partial charge on any atom is -0.384 e. The third kappa shape index (κ3) is 5.20. The van der Waals surface area contributed by atoms with E-state index in [0.717, 1.165) is 22.4 Å². The summed E-state index contributed by atoms with van der Waals surface area (Å²) in [6.07, 6.45) is 8.91. The highest BCUT2D eigenvalue weighted by molar-refractivity contribution is 5.94. The summed E-state index contributed by atoms with van der Waals surface area (Å²) in [4.78, 5) is 36.8. The van der Waals surface area contributed by atoms with Gasteiger partial charge in [-0.2, -0.15) is 0 Å². The van der Waals surface area contributed by atoms with Crippen molar-refractivity contribution in [3.8, 4) is 11.5 Å². The number of nitrogens with one attached hydrogen (secondary N) is 1. The number of benzene rings is 1. The van der Waals surface area contributed by atoms with Crippen molar-refractivity contribution >= 4 is 29.8 Å². The highest BCUT2D eigenvalue weighted by atomic mass is 16.1. The predicted octanol–water partition coefficient (Wildman–Crippen LogP) is 3.74. The molecule has 1 aromatic carbocycles. The fraction of sp³-hybridized carbons (Fsp3) is 0.185. The Bertz CT molecular complexity index is 1450. The van der Waals surface area contributed by atoms with Gasteiger partial charge in [0.05, 0.1) is 5.69 Å². The molecule has 1 amide bonds. The number of nitrogens with zero attached hydrogens (tertiary/aromatic N) is 6. The molecule has 180 valence electrons. The first-order chi connectivity index (χ1) is 17.4. The summed E-state index contributed by atoms with van der Waals surface area (Å²) in [6, 6.07) is 13.2. The summed E-state index contributed by atoms with van der Waals surface area (Å²) < 4.78 is 0. The second-order valence-electron chi connectivity index (χ2n) is 8.86. The summed E-state index contributed by atoms with van der Waals surface area (Å²) in [5, 5.41) is 2.94. The molecule has 36 heavy (non-hydrogen) atoms. The van der Waals surface area contributed by atoms with Crippen LogP contribution in [-0.2, 0) is 13.1 Å². The monoisotopic (exact) mass is 478 g/mol. The quantitative estimate of drug-likeness (QED) is 0.430. The van der Waals surface area contributed by atoms with Crippen molar-refractivity contribution in [1.29, 1.82) is 0 Å². The lowest BCUT2D eigenvalue weighted by molar-refractivity contribution is 0.0943. The minimum absolute atomic E-state index is 0.0667. The molecule has 5 rings (SSSR count). The Hall–Kier alpha value is -4.66. The Balaban J connectivity index is 1.34. The lowest BCUT2D eigenvalue weighted by Gasteiger charge is -2.15. The van der Waals surface area contributed by atoms with Crippen LogP contribution >= 0.6 is 0 Å². The lowest BCUT2D eigenvalue weighted by Crippen LogP contribution is -2.30. The molecule has 0 saturated carbocycles. The van der Waals surface area contributed by atoms with Crippen LogP contribution in [0.2, 0.25) is 0 Å². The minimum atomic E-state index is -0.0667. The number of pyridine rings is 1. The van der Waals surface area contributed by atoms with Crippen LogP contribution in [0.1, 0.15) is 46.6 Å². The zero-order valence-corrected chi connectivity index (χ0v) is 20.1. The van der Waals surface area contributed by atoms with E-state index in [1.54, 1.807) is 30.7 Å². The second-order valence-corrected chi connectivity index (χ2v) is 8.86. The highest BCUT2D eigenvalue weighted by Gasteiger charge is 2.23. The Labute approximate surface area is 209 Å². The van der Waals surface area contributed by atoms with Gasteiger partial charge in [0, 0.05) is 43.3 Å². The molecular formula is C27H26N8O. The number of nitrogen functional groups attached to an aromatic ring is 1. The van der Waals surface area contributed by atoms with Crippen LogP contribution in [0.15, 0.2) is 61.1 Å². The number of nitrogens with two attached hydrogens (primary N) is 1. The van der Waals surface area contributed by atoms with E-state index in [-0.39, 0.29) is 11.9 Å². The topological polar surface area (TPSA) is 123 Å².